The predicted octanol–water partition coefficient (Wildman–Crippen LogP) is 13.0. The maximum atomic E-state index is 9.52. The minimum atomic E-state index is -0.702. The molecular formula is C55H34N4O. The lowest BCUT2D eigenvalue weighted by Gasteiger charge is -2.41. The van der Waals surface area contributed by atoms with Crippen LogP contribution in [0.2, 0.25) is 0 Å². The molecule has 8 aromatic carbocycles. The lowest BCUT2D eigenvalue weighted by molar-refractivity contribution is 0.434. The fraction of sp³-hybridized carbons (Fsp3) is 0.0182. The van der Waals surface area contributed by atoms with Crippen molar-refractivity contribution in [3.8, 4) is 79.8 Å². The highest BCUT2D eigenvalue weighted by Crippen LogP contribution is 2.55. The van der Waals surface area contributed by atoms with Crippen molar-refractivity contribution >= 4 is 0 Å². The van der Waals surface area contributed by atoms with Crippen molar-refractivity contribution in [1.29, 1.82) is 10.5 Å². The van der Waals surface area contributed by atoms with Crippen molar-refractivity contribution in [2.75, 3.05) is 0 Å². The van der Waals surface area contributed by atoms with Gasteiger partial charge in [0.2, 0.25) is 0 Å². The largest absolute Gasteiger partial charge is 0.457 e. The summed E-state index contributed by atoms with van der Waals surface area (Å²) in [5.74, 6) is 2.31. The molecule has 2 heterocycles. The highest BCUT2D eigenvalue weighted by molar-refractivity contribution is 5.76. The van der Waals surface area contributed by atoms with E-state index in [2.05, 4.69) is 115 Å². The molecule has 0 unspecified atom stereocenters. The second-order valence-electron chi connectivity index (χ2n) is 14.8. The van der Waals surface area contributed by atoms with Gasteiger partial charge in [-0.05, 0) is 69.8 Å². The van der Waals surface area contributed by atoms with E-state index in [1.807, 2.05) is 97.1 Å². The molecule has 0 atom stereocenters. The first-order valence-corrected chi connectivity index (χ1v) is 19.7. The van der Waals surface area contributed by atoms with Crippen LogP contribution in [0, 0.1) is 22.7 Å². The van der Waals surface area contributed by atoms with Gasteiger partial charge in [0.05, 0.1) is 40.1 Å². The number of para-hydroxylation sites is 2. The Morgan fingerprint density at radius 1 is 0.367 bits per heavy atom. The molecule has 0 radical (unpaired) electrons. The summed E-state index contributed by atoms with van der Waals surface area (Å²) in [4.78, 5) is 10.1. The van der Waals surface area contributed by atoms with E-state index in [9.17, 15) is 10.5 Å². The van der Waals surface area contributed by atoms with Crippen LogP contribution < -0.4 is 4.74 Å². The van der Waals surface area contributed by atoms with Crippen molar-refractivity contribution in [1.82, 2.24) is 9.97 Å². The lowest BCUT2D eigenvalue weighted by atomic mass is 9.63. The Hall–Kier alpha value is -8.38. The Morgan fingerprint density at radius 3 is 1.27 bits per heavy atom. The maximum absolute atomic E-state index is 9.52. The van der Waals surface area contributed by atoms with Crippen LogP contribution in [-0.2, 0) is 5.41 Å². The molecule has 5 heteroatoms. The zero-order valence-corrected chi connectivity index (χ0v) is 32.3. The topological polar surface area (TPSA) is 82.6 Å². The van der Waals surface area contributed by atoms with E-state index in [-0.39, 0.29) is 0 Å². The van der Waals surface area contributed by atoms with Crippen molar-refractivity contribution in [3.63, 3.8) is 0 Å². The molecule has 9 aromatic rings. The summed E-state index contributed by atoms with van der Waals surface area (Å²) in [6, 6.07) is 74.6. The van der Waals surface area contributed by atoms with Crippen LogP contribution in [0.1, 0.15) is 33.4 Å². The van der Waals surface area contributed by atoms with Crippen molar-refractivity contribution in [3.05, 3.63) is 240 Å². The van der Waals surface area contributed by atoms with Gasteiger partial charge >= 0.3 is 0 Å². The molecule has 1 aromatic heterocycles. The number of rotatable bonds is 7. The van der Waals surface area contributed by atoms with Crippen LogP contribution in [0.25, 0.3) is 56.2 Å². The summed E-state index contributed by atoms with van der Waals surface area (Å²) in [5, 5.41) is 19.0. The molecule has 280 valence electrons. The summed E-state index contributed by atoms with van der Waals surface area (Å²) < 4.78 is 6.60. The Labute approximate surface area is 348 Å². The zero-order chi connectivity index (χ0) is 40.5. The first-order chi connectivity index (χ1) is 29.6. The maximum Gasteiger partial charge on any atom is 0.160 e. The van der Waals surface area contributed by atoms with Gasteiger partial charge in [-0.25, -0.2) is 9.97 Å². The molecule has 0 bridgehead atoms. The van der Waals surface area contributed by atoms with E-state index in [0.29, 0.717) is 17.0 Å². The number of nitrogens with zero attached hydrogens (tertiary/aromatic N) is 4. The van der Waals surface area contributed by atoms with E-state index in [1.54, 1.807) is 6.07 Å². The monoisotopic (exact) mass is 766 g/mol. The first kappa shape index (κ1) is 36.0. The Morgan fingerprint density at radius 2 is 0.767 bits per heavy atom. The molecule has 0 amide bonds. The van der Waals surface area contributed by atoms with E-state index in [4.69, 9.17) is 14.7 Å². The van der Waals surface area contributed by atoms with E-state index in [0.717, 1.165) is 84.1 Å². The van der Waals surface area contributed by atoms with Crippen molar-refractivity contribution in [2.24, 2.45) is 0 Å². The smallest absolute Gasteiger partial charge is 0.160 e. The van der Waals surface area contributed by atoms with Gasteiger partial charge in [-0.3, -0.25) is 0 Å². The van der Waals surface area contributed by atoms with E-state index in [1.165, 1.54) is 0 Å². The van der Waals surface area contributed by atoms with Gasteiger partial charge < -0.3 is 4.74 Å². The normalized spacial score (nSPS) is 12.2. The minimum Gasteiger partial charge on any atom is -0.457 e. The highest BCUT2D eigenvalue weighted by Gasteiger charge is 2.45. The third-order valence-electron chi connectivity index (χ3n) is 11.3. The molecule has 1 aliphatic rings. The summed E-state index contributed by atoms with van der Waals surface area (Å²) >= 11 is 0. The molecule has 1 aliphatic heterocycles. The number of fused-ring (bicyclic) bond motifs is 2. The highest BCUT2D eigenvalue weighted by atomic mass is 16.5. The Balaban J connectivity index is 1.08. The molecule has 10 rings (SSSR count). The first-order valence-electron chi connectivity index (χ1n) is 19.7. The number of nitriles is 2. The molecule has 0 saturated carbocycles. The van der Waals surface area contributed by atoms with Crippen LogP contribution in [-0.4, -0.2) is 9.97 Å². The van der Waals surface area contributed by atoms with Crippen LogP contribution in [0.15, 0.2) is 206 Å². The van der Waals surface area contributed by atoms with Gasteiger partial charge in [-0.2, -0.15) is 10.5 Å². The molecular weight excluding hydrogens is 733 g/mol. The third-order valence-corrected chi connectivity index (χ3v) is 11.3. The second kappa shape index (κ2) is 15.2. The molecule has 0 spiro atoms. The quantitative estimate of drug-likeness (QED) is 0.161. The van der Waals surface area contributed by atoms with Crippen LogP contribution in [0.4, 0.5) is 0 Å². The second-order valence-corrected chi connectivity index (χ2v) is 14.8. The molecule has 0 saturated heterocycles. The van der Waals surface area contributed by atoms with Crippen molar-refractivity contribution in [2.45, 2.75) is 5.41 Å². The van der Waals surface area contributed by atoms with Crippen LogP contribution in [0.5, 0.6) is 11.5 Å². The lowest BCUT2D eigenvalue weighted by Crippen LogP contribution is -2.34. The summed E-state index contributed by atoms with van der Waals surface area (Å²) in [5.41, 5.74) is 13.1. The Bertz CT molecular complexity index is 2970. The standard InChI is InChI=1S/C55H34N4O/c56-35-37-31-38(36-57)33-45(32-37)41-21-19-39(20-22-41)40-23-27-46(28-24-40)55(48-15-7-9-17-52(48)60-53-18-10-8-16-49(53)55)47-29-25-43(26-30-47)51-34-50(42-11-3-1-4-12-42)58-54(59-51)44-13-5-2-6-14-44/h1-34H. The molecule has 0 fully saturated rings. The molecule has 60 heavy (non-hydrogen) atoms. The fourth-order valence-electron chi connectivity index (χ4n) is 8.43. The summed E-state index contributed by atoms with van der Waals surface area (Å²) in [6.45, 7) is 0. The van der Waals surface area contributed by atoms with Gasteiger partial charge in [0.15, 0.2) is 5.82 Å². The average Bonchev–Trinajstić information content (AvgIpc) is 3.33. The number of ether oxygens (including phenoxy) is 1. The Kier molecular flexibility index (Phi) is 9.10. The van der Waals surface area contributed by atoms with Gasteiger partial charge in [0, 0.05) is 27.8 Å². The number of aromatic nitrogens is 2. The fourth-order valence-corrected chi connectivity index (χ4v) is 8.43. The summed E-state index contributed by atoms with van der Waals surface area (Å²) in [7, 11) is 0. The molecule has 0 aliphatic carbocycles. The number of hydrogen-bond acceptors (Lipinski definition) is 5. The van der Waals surface area contributed by atoms with Crippen LogP contribution >= 0.6 is 0 Å². The summed E-state index contributed by atoms with van der Waals surface area (Å²) in [6.07, 6.45) is 0. The average molecular weight is 767 g/mol. The molecule has 0 N–H and O–H groups in total. The van der Waals surface area contributed by atoms with Gasteiger partial charge in [0.1, 0.15) is 11.5 Å². The van der Waals surface area contributed by atoms with Gasteiger partial charge in [-0.1, -0.05) is 170 Å². The SMILES string of the molecule is N#Cc1cc(C#N)cc(-c2ccc(-c3ccc(C4(c5ccc(-c6cc(-c7ccccc7)nc(-c7ccccc7)n6)cc5)c5ccccc5Oc5ccccc54)cc3)cc2)c1. The van der Waals surface area contributed by atoms with Gasteiger partial charge in [-0.15, -0.1) is 0 Å². The van der Waals surface area contributed by atoms with Gasteiger partial charge in [0.25, 0.3) is 0 Å². The number of benzene rings is 8. The number of hydrogen-bond donors (Lipinski definition) is 0. The molecule has 5 nitrogen and oxygen atoms in total. The zero-order valence-electron chi connectivity index (χ0n) is 32.3. The predicted molar refractivity (Wildman–Crippen MR) is 237 cm³/mol. The minimum absolute atomic E-state index is 0.465. The van der Waals surface area contributed by atoms with E-state index >= 15 is 0 Å². The third kappa shape index (κ3) is 6.38. The van der Waals surface area contributed by atoms with E-state index < -0.39 is 5.41 Å². The van der Waals surface area contributed by atoms with Crippen molar-refractivity contribution < 1.29 is 4.74 Å². The van der Waals surface area contributed by atoms with Crippen LogP contribution in [0.3, 0.4) is 0 Å².